The molecule has 0 aliphatic heterocycles. The molecule has 23 heavy (non-hydrogen) atoms. The summed E-state index contributed by atoms with van der Waals surface area (Å²) < 4.78 is 0. The highest BCUT2D eigenvalue weighted by Gasteiger charge is 2.28. The zero-order valence-electron chi connectivity index (χ0n) is 12.6. The van der Waals surface area contributed by atoms with Crippen molar-refractivity contribution < 1.29 is 19.8 Å². The van der Waals surface area contributed by atoms with E-state index in [-0.39, 0.29) is 0 Å². The minimum atomic E-state index is -1.13. The summed E-state index contributed by atoms with van der Waals surface area (Å²) in [5, 5.41) is 18.5. The van der Waals surface area contributed by atoms with Crippen LogP contribution in [0.25, 0.3) is 0 Å². The third-order valence-electron chi connectivity index (χ3n) is 3.55. The monoisotopic (exact) mass is 313 g/mol. The zero-order valence-corrected chi connectivity index (χ0v) is 12.6. The van der Waals surface area contributed by atoms with E-state index in [2.05, 4.69) is 0 Å². The first kappa shape index (κ1) is 16.7. The lowest BCUT2D eigenvalue weighted by Gasteiger charge is -2.28. The second kappa shape index (κ2) is 8.10. The molecule has 5 nitrogen and oxygen atoms in total. The average Bonchev–Trinajstić information content (AvgIpc) is 2.53. The number of carboxylic acids is 2. The third kappa shape index (κ3) is 5.23. The Kier molecular flexibility index (Phi) is 5.88. The molecule has 1 atom stereocenters. The first-order chi connectivity index (χ1) is 11.1. The summed E-state index contributed by atoms with van der Waals surface area (Å²) in [6.45, 7) is 0.750. The highest BCUT2D eigenvalue weighted by molar-refractivity contribution is 5.80. The van der Waals surface area contributed by atoms with Crippen LogP contribution < -0.4 is 0 Å². The van der Waals surface area contributed by atoms with E-state index < -0.39 is 24.4 Å². The molecule has 2 rings (SSSR count). The Hall–Kier alpha value is -2.66. The molecule has 0 spiro atoms. The molecular formula is C18H19NO4. The Balaban J connectivity index is 2.25. The van der Waals surface area contributed by atoms with Gasteiger partial charge in [-0.2, -0.15) is 0 Å². The molecule has 0 aliphatic carbocycles. The fourth-order valence-electron chi connectivity index (χ4n) is 2.45. The van der Waals surface area contributed by atoms with Gasteiger partial charge in [-0.05, 0) is 11.1 Å². The molecular weight excluding hydrogens is 294 g/mol. The van der Waals surface area contributed by atoms with Crippen LogP contribution in [-0.2, 0) is 22.7 Å². The van der Waals surface area contributed by atoms with E-state index >= 15 is 0 Å². The second-order valence-electron chi connectivity index (χ2n) is 5.33. The lowest BCUT2D eigenvalue weighted by atomic mass is 10.1. The van der Waals surface area contributed by atoms with Crippen molar-refractivity contribution in [2.45, 2.75) is 25.6 Å². The van der Waals surface area contributed by atoms with Crippen LogP contribution in [0.15, 0.2) is 60.7 Å². The Bertz CT molecular complexity index is 601. The number of hydrogen-bond acceptors (Lipinski definition) is 3. The molecule has 0 saturated heterocycles. The van der Waals surface area contributed by atoms with Crippen molar-refractivity contribution in [2.75, 3.05) is 0 Å². The minimum Gasteiger partial charge on any atom is -0.481 e. The van der Waals surface area contributed by atoms with Crippen LogP contribution in [0.1, 0.15) is 17.5 Å². The van der Waals surface area contributed by atoms with E-state index in [0.717, 1.165) is 11.1 Å². The van der Waals surface area contributed by atoms with Crippen LogP contribution in [0.3, 0.4) is 0 Å². The van der Waals surface area contributed by atoms with Gasteiger partial charge in [-0.15, -0.1) is 0 Å². The van der Waals surface area contributed by atoms with Gasteiger partial charge in [0.2, 0.25) is 0 Å². The number of aliphatic carboxylic acids is 2. The molecule has 0 fully saturated rings. The van der Waals surface area contributed by atoms with Gasteiger partial charge >= 0.3 is 11.9 Å². The normalized spacial score (nSPS) is 12.0. The molecule has 2 aromatic rings. The molecule has 0 bridgehead atoms. The number of rotatable bonds is 8. The predicted octanol–water partition coefficient (Wildman–Crippen LogP) is 2.62. The maximum absolute atomic E-state index is 11.6. The highest BCUT2D eigenvalue weighted by Crippen LogP contribution is 2.16. The van der Waals surface area contributed by atoms with Gasteiger partial charge < -0.3 is 10.2 Å². The Morgan fingerprint density at radius 1 is 0.826 bits per heavy atom. The van der Waals surface area contributed by atoms with Gasteiger partial charge in [0.25, 0.3) is 0 Å². The molecule has 2 N–H and O–H groups in total. The first-order valence-corrected chi connectivity index (χ1v) is 7.33. The Morgan fingerprint density at radius 3 is 1.61 bits per heavy atom. The fraction of sp³-hybridized carbons (Fsp3) is 0.222. The lowest BCUT2D eigenvalue weighted by Crippen LogP contribution is -2.41. The molecule has 0 unspecified atom stereocenters. The quantitative estimate of drug-likeness (QED) is 0.783. The Morgan fingerprint density at radius 2 is 1.26 bits per heavy atom. The fourth-order valence-corrected chi connectivity index (χ4v) is 2.45. The van der Waals surface area contributed by atoms with Crippen molar-refractivity contribution in [2.24, 2.45) is 0 Å². The summed E-state index contributed by atoms with van der Waals surface area (Å²) in [5.74, 6) is -2.25. The van der Waals surface area contributed by atoms with Crippen molar-refractivity contribution in [3.05, 3.63) is 71.8 Å². The van der Waals surface area contributed by atoms with Crippen LogP contribution in [-0.4, -0.2) is 33.1 Å². The topological polar surface area (TPSA) is 77.8 Å². The van der Waals surface area contributed by atoms with E-state index in [1.807, 2.05) is 60.7 Å². The number of hydrogen-bond donors (Lipinski definition) is 2. The minimum absolute atomic E-state index is 0.375. The number of nitrogens with zero attached hydrogens (tertiary/aromatic N) is 1. The van der Waals surface area contributed by atoms with Crippen molar-refractivity contribution >= 4 is 11.9 Å². The predicted molar refractivity (Wildman–Crippen MR) is 85.8 cm³/mol. The van der Waals surface area contributed by atoms with Crippen LogP contribution >= 0.6 is 0 Å². The summed E-state index contributed by atoms with van der Waals surface area (Å²) >= 11 is 0. The maximum Gasteiger partial charge on any atom is 0.321 e. The van der Waals surface area contributed by atoms with Crippen LogP contribution in [0, 0.1) is 0 Å². The van der Waals surface area contributed by atoms with Gasteiger partial charge in [-0.1, -0.05) is 60.7 Å². The summed E-state index contributed by atoms with van der Waals surface area (Å²) in [7, 11) is 0. The van der Waals surface area contributed by atoms with Crippen molar-refractivity contribution in [3.63, 3.8) is 0 Å². The van der Waals surface area contributed by atoms with Gasteiger partial charge in [0.1, 0.15) is 6.04 Å². The molecule has 0 aliphatic rings. The Labute approximate surface area is 134 Å². The van der Waals surface area contributed by atoms with Gasteiger partial charge in [0, 0.05) is 13.1 Å². The SMILES string of the molecule is O=C(O)C[C@@H](C(=O)O)N(Cc1ccccc1)Cc1ccccc1. The van der Waals surface area contributed by atoms with E-state index in [1.54, 1.807) is 4.90 Å². The molecule has 0 radical (unpaired) electrons. The number of carboxylic acid groups (broad SMARTS) is 2. The molecule has 0 amide bonds. The van der Waals surface area contributed by atoms with Crippen molar-refractivity contribution in [1.82, 2.24) is 4.90 Å². The summed E-state index contributed by atoms with van der Waals surface area (Å²) in [4.78, 5) is 24.3. The van der Waals surface area contributed by atoms with Gasteiger partial charge in [-0.25, -0.2) is 0 Å². The van der Waals surface area contributed by atoms with Gasteiger partial charge in [0.05, 0.1) is 6.42 Å². The van der Waals surface area contributed by atoms with E-state index in [1.165, 1.54) is 0 Å². The summed E-state index contributed by atoms with van der Waals surface area (Å²) in [5.41, 5.74) is 1.89. The van der Waals surface area contributed by atoms with E-state index in [4.69, 9.17) is 5.11 Å². The molecule has 0 heterocycles. The third-order valence-corrected chi connectivity index (χ3v) is 3.55. The van der Waals surface area contributed by atoms with Gasteiger partial charge in [-0.3, -0.25) is 14.5 Å². The van der Waals surface area contributed by atoms with Crippen molar-refractivity contribution in [1.29, 1.82) is 0 Å². The van der Waals surface area contributed by atoms with Crippen LogP contribution in [0.5, 0.6) is 0 Å². The first-order valence-electron chi connectivity index (χ1n) is 7.33. The molecule has 2 aromatic carbocycles. The number of benzene rings is 2. The van der Waals surface area contributed by atoms with Crippen LogP contribution in [0.2, 0.25) is 0 Å². The maximum atomic E-state index is 11.6. The van der Waals surface area contributed by atoms with Crippen molar-refractivity contribution in [3.8, 4) is 0 Å². The summed E-state index contributed by atoms with van der Waals surface area (Å²) in [6.07, 6.45) is -0.436. The smallest absolute Gasteiger partial charge is 0.321 e. The van der Waals surface area contributed by atoms with Crippen LogP contribution in [0.4, 0.5) is 0 Å². The molecule has 5 heteroatoms. The summed E-state index contributed by atoms with van der Waals surface area (Å²) in [6, 6.07) is 17.8. The largest absolute Gasteiger partial charge is 0.481 e. The number of carbonyl (C=O) groups is 2. The van der Waals surface area contributed by atoms with E-state index in [0.29, 0.717) is 13.1 Å². The molecule has 0 saturated carbocycles. The van der Waals surface area contributed by atoms with E-state index in [9.17, 15) is 14.7 Å². The zero-order chi connectivity index (χ0) is 16.7. The molecule has 120 valence electrons. The average molecular weight is 313 g/mol. The standard InChI is InChI=1S/C18H19NO4/c20-17(21)11-16(18(22)23)19(12-14-7-3-1-4-8-14)13-15-9-5-2-6-10-15/h1-10,16H,11-13H2,(H,20,21)(H,22,23)/t16-/m0/s1. The second-order valence-corrected chi connectivity index (χ2v) is 5.33. The van der Waals surface area contributed by atoms with Gasteiger partial charge in [0.15, 0.2) is 0 Å². The lowest BCUT2D eigenvalue weighted by molar-refractivity contribution is -0.150. The highest BCUT2D eigenvalue weighted by atomic mass is 16.4. The molecule has 0 aromatic heterocycles.